The number of benzene rings is 2. The second-order valence-electron chi connectivity index (χ2n) is 7.80. The average Bonchev–Trinajstić information content (AvgIpc) is 2.77. The summed E-state index contributed by atoms with van der Waals surface area (Å²) in [5.41, 5.74) is 0.685. The molecule has 0 bridgehead atoms. The molecule has 0 spiro atoms. The van der Waals surface area contributed by atoms with Crippen molar-refractivity contribution in [2.45, 2.75) is 19.6 Å². The van der Waals surface area contributed by atoms with E-state index in [0.29, 0.717) is 34.2 Å². The van der Waals surface area contributed by atoms with Gasteiger partial charge in [-0.15, -0.1) is 0 Å². The smallest absolute Gasteiger partial charge is 0.236 e. The summed E-state index contributed by atoms with van der Waals surface area (Å²) in [6.07, 6.45) is 0. The van der Waals surface area contributed by atoms with Crippen molar-refractivity contribution in [3.8, 4) is 17.2 Å². The van der Waals surface area contributed by atoms with E-state index >= 15 is 0 Å². The van der Waals surface area contributed by atoms with Crippen molar-refractivity contribution in [1.29, 1.82) is 0 Å². The van der Waals surface area contributed by atoms with Crippen LogP contribution in [0.25, 0.3) is 0 Å². The lowest BCUT2D eigenvalue weighted by molar-refractivity contribution is -0.127. The van der Waals surface area contributed by atoms with E-state index in [0.717, 1.165) is 0 Å². The van der Waals surface area contributed by atoms with Gasteiger partial charge in [-0.1, -0.05) is 0 Å². The fraction of sp³-hybridized carbons (Fsp3) is 0.381. The number of nitrogens with one attached hydrogen (secondary N) is 1. The van der Waals surface area contributed by atoms with E-state index in [1.165, 1.54) is 19.1 Å². The minimum absolute atomic E-state index is 0.107. The number of rotatable bonds is 6. The molecule has 0 saturated heterocycles. The van der Waals surface area contributed by atoms with E-state index in [-0.39, 0.29) is 18.3 Å². The number of methoxy groups -OCH3 is 2. The average molecular weight is 435 g/mol. The first-order valence-electron chi connectivity index (χ1n) is 9.32. The topological polar surface area (TPSA) is 94.2 Å². The van der Waals surface area contributed by atoms with Crippen LogP contribution < -0.4 is 23.8 Å². The molecular formula is C21H26N2O6S. The van der Waals surface area contributed by atoms with Gasteiger partial charge in [0.15, 0.2) is 0 Å². The Morgan fingerprint density at radius 3 is 2.33 bits per heavy atom. The lowest BCUT2D eigenvalue weighted by Crippen LogP contribution is -2.39. The van der Waals surface area contributed by atoms with Gasteiger partial charge in [-0.3, -0.25) is 9.52 Å². The summed E-state index contributed by atoms with van der Waals surface area (Å²) in [5.74, 6) is 1.16. The summed E-state index contributed by atoms with van der Waals surface area (Å²) in [4.78, 5) is 14.2. The molecule has 0 aromatic heterocycles. The lowest BCUT2D eigenvalue weighted by Gasteiger charge is -2.24. The second-order valence-corrected chi connectivity index (χ2v) is 9.52. The molecule has 2 aromatic carbocycles. The Bertz CT molecular complexity index is 1040. The van der Waals surface area contributed by atoms with Gasteiger partial charge in [0, 0.05) is 13.1 Å². The highest BCUT2D eigenvalue weighted by molar-refractivity contribution is 7.91. The molecule has 30 heavy (non-hydrogen) atoms. The summed E-state index contributed by atoms with van der Waals surface area (Å²) >= 11 is 0. The van der Waals surface area contributed by atoms with Crippen LogP contribution in [0.2, 0.25) is 0 Å². The quantitative estimate of drug-likeness (QED) is 0.751. The summed E-state index contributed by atoms with van der Waals surface area (Å²) < 4.78 is 44.2. The Kier molecular flexibility index (Phi) is 5.85. The monoisotopic (exact) mass is 434 g/mol. The highest BCUT2D eigenvalue weighted by Crippen LogP contribution is 2.37. The number of nitrogens with zero attached hydrogens (tertiary/aromatic N) is 1. The number of hydrogen-bond acceptors (Lipinski definition) is 6. The predicted octanol–water partition coefficient (Wildman–Crippen LogP) is 3.03. The van der Waals surface area contributed by atoms with Crippen LogP contribution in [0.3, 0.4) is 0 Å². The molecule has 2 aromatic rings. The minimum Gasteiger partial charge on any atom is -0.497 e. The third-order valence-corrected chi connectivity index (χ3v) is 6.09. The normalized spacial score (nSPS) is 15.6. The number of hydrogen-bond donors (Lipinski definition) is 1. The SMILES string of the molecule is COc1cc(CS(=O)(=O)Nc2ccc3c(c2)N(C)C(=O)C(C)(C)CO3)cc(OC)c1. The van der Waals surface area contributed by atoms with Crippen LogP contribution in [0.1, 0.15) is 19.4 Å². The van der Waals surface area contributed by atoms with Gasteiger partial charge in [0.2, 0.25) is 15.9 Å². The van der Waals surface area contributed by atoms with E-state index in [1.807, 2.05) is 13.8 Å². The Hall–Kier alpha value is -2.94. The van der Waals surface area contributed by atoms with E-state index in [1.54, 1.807) is 43.4 Å². The summed E-state index contributed by atoms with van der Waals surface area (Å²) in [6.45, 7) is 3.86. The highest BCUT2D eigenvalue weighted by Gasteiger charge is 2.36. The van der Waals surface area contributed by atoms with Crippen molar-refractivity contribution >= 4 is 27.3 Å². The Morgan fingerprint density at radius 1 is 1.10 bits per heavy atom. The van der Waals surface area contributed by atoms with Gasteiger partial charge in [0.1, 0.15) is 23.9 Å². The summed E-state index contributed by atoms with van der Waals surface area (Å²) in [5, 5.41) is 0. The van der Waals surface area contributed by atoms with Crippen LogP contribution in [-0.2, 0) is 20.6 Å². The molecule has 0 atom stereocenters. The Balaban J connectivity index is 1.85. The largest absolute Gasteiger partial charge is 0.497 e. The molecule has 162 valence electrons. The van der Waals surface area contributed by atoms with E-state index < -0.39 is 15.4 Å². The van der Waals surface area contributed by atoms with Crippen LogP contribution in [0.15, 0.2) is 36.4 Å². The van der Waals surface area contributed by atoms with Crippen molar-refractivity contribution < 1.29 is 27.4 Å². The van der Waals surface area contributed by atoms with Crippen molar-refractivity contribution in [3.63, 3.8) is 0 Å². The Morgan fingerprint density at radius 2 is 1.73 bits per heavy atom. The molecule has 9 heteroatoms. The molecule has 0 fully saturated rings. The molecule has 0 unspecified atom stereocenters. The first kappa shape index (κ1) is 21.8. The summed E-state index contributed by atoms with van der Waals surface area (Å²) in [6, 6.07) is 9.82. The zero-order valence-electron chi connectivity index (χ0n) is 17.7. The standard InChI is InChI=1S/C21H26N2O6S/c1-21(2)13-29-19-7-6-15(10-18(19)23(3)20(21)24)22-30(25,26)12-14-8-16(27-4)11-17(9-14)28-5/h6-11,22H,12-13H2,1-5H3. The molecule has 1 aliphatic rings. The fourth-order valence-electron chi connectivity index (χ4n) is 3.23. The molecule has 0 aliphatic carbocycles. The van der Waals surface area contributed by atoms with Gasteiger partial charge >= 0.3 is 0 Å². The van der Waals surface area contributed by atoms with Crippen molar-refractivity contribution in [2.24, 2.45) is 5.41 Å². The molecule has 1 heterocycles. The number of carbonyl (C=O) groups excluding carboxylic acids is 1. The van der Waals surface area contributed by atoms with E-state index in [2.05, 4.69) is 4.72 Å². The van der Waals surface area contributed by atoms with Crippen LogP contribution in [0.5, 0.6) is 17.2 Å². The molecule has 0 radical (unpaired) electrons. The van der Waals surface area contributed by atoms with Gasteiger partial charge in [0.05, 0.1) is 36.8 Å². The van der Waals surface area contributed by atoms with Crippen LogP contribution in [0, 0.1) is 5.41 Å². The number of carbonyl (C=O) groups is 1. The molecule has 8 nitrogen and oxygen atoms in total. The maximum absolute atomic E-state index is 12.7. The van der Waals surface area contributed by atoms with Gasteiger partial charge < -0.3 is 19.1 Å². The predicted molar refractivity (Wildman–Crippen MR) is 115 cm³/mol. The third-order valence-electron chi connectivity index (χ3n) is 4.83. The fourth-order valence-corrected chi connectivity index (χ4v) is 4.40. The molecule has 1 amide bonds. The summed E-state index contributed by atoms with van der Waals surface area (Å²) in [7, 11) is 0.923. The maximum Gasteiger partial charge on any atom is 0.236 e. The maximum atomic E-state index is 12.7. The number of sulfonamides is 1. The highest BCUT2D eigenvalue weighted by atomic mass is 32.2. The van der Waals surface area contributed by atoms with Gasteiger partial charge in [-0.05, 0) is 49.7 Å². The number of anilines is 2. The second kappa shape index (κ2) is 8.06. The van der Waals surface area contributed by atoms with Crippen molar-refractivity contribution in [3.05, 3.63) is 42.0 Å². The van der Waals surface area contributed by atoms with Crippen molar-refractivity contribution in [2.75, 3.05) is 37.5 Å². The third kappa shape index (κ3) is 4.62. The molecule has 1 aliphatic heterocycles. The molecule has 3 rings (SSSR count). The number of amides is 1. The zero-order chi connectivity index (χ0) is 22.1. The zero-order valence-corrected chi connectivity index (χ0v) is 18.5. The van der Waals surface area contributed by atoms with Crippen molar-refractivity contribution in [1.82, 2.24) is 0 Å². The first-order valence-corrected chi connectivity index (χ1v) is 11.0. The van der Waals surface area contributed by atoms with Gasteiger partial charge in [0.25, 0.3) is 0 Å². The minimum atomic E-state index is -3.73. The van der Waals surface area contributed by atoms with Crippen LogP contribution >= 0.6 is 0 Å². The first-order chi connectivity index (χ1) is 14.0. The molecular weight excluding hydrogens is 408 g/mol. The number of fused-ring (bicyclic) bond motifs is 1. The number of ether oxygens (including phenoxy) is 3. The Labute approximate surface area is 176 Å². The van der Waals surface area contributed by atoms with Gasteiger partial charge in [-0.2, -0.15) is 0 Å². The lowest BCUT2D eigenvalue weighted by atomic mass is 9.93. The van der Waals surface area contributed by atoms with Crippen LogP contribution in [0.4, 0.5) is 11.4 Å². The van der Waals surface area contributed by atoms with E-state index in [9.17, 15) is 13.2 Å². The van der Waals surface area contributed by atoms with Gasteiger partial charge in [-0.25, -0.2) is 8.42 Å². The van der Waals surface area contributed by atoms with Crippen LogP contribution in [-0.4, -0.2) is 42.2 Å². The molecule has 1 N–H and O–H groups in total. The molecule has 0 saturated carbocycles. The van der Waals surface area contributed by atoms with E-state index in [4.69, 9.17) is 14.2 Å².